The van der Waals surface area contributed by atoms with Gasteiger partial charge in [0.15, 0.2) is 0 Å². The van der Waals surface area contributed by atoms with Gasteiger partial charge in [-0.05, 0) is 49.0 Å². The largest absolute Gasteiger partial charge is 0.472 e. The van der Waals surface area contributed by atoms with E-state index in [4.69, 9.17) is 10.5 Å². The molecule has 1 aromatic heterocycles. The predicted molar refractivity (Wildman–Crippen MR) is 99.5 cm³/mol. The van der Waals surface area contributed by atoms with Crippen LogP contribution in [0, 0.1) is 19.7 Å². The molecule has 1 aromatic carbocycles. The molecule has 0 aliphatic carbocycles. The number of carbonyl (C=O) groups is 2. The number of rotatable bonds is 7. The van der Waals surface area contributed by atoms with Crippen LogP contribution in [0.2, 0.25) is 0 Å². The van der Waals surface area contributed by atoms with E-state index in [1.807, 2.05) is 0 Å². The lowest BCUT2D eigenvalue weighted by Crippen LogP contribution is -2.34. The van der Waals surface area contributed by atoms with E-state index in [1.165, 1.54) is 6.92 Å². The summed E-state index contributed by atoms with van der Waals surface area (Å²) in [5, 5.41) is 14.2. The van der Waals surface area contributed by atoms with Gasteiger partial charge in [0.25, 0.3) is 5.91 Å². The van der Waals surface area contributed by atoms with Crippen LogP contribution in [0.3, 0.4) is 0 Å². The Labute approximate surface area is 159 Å². The number of primary amides is 1. The van der Waals surface area contributed by atoms with Gasteiger partial charge < -0.3 is 20.9 Å². The molecule has 2 aromatic rings. The molecule has 8 nitrogen and oxygen atoms in total. The van der Waals surface area contributed by atoms with Crippen molar-refractivity contribution in [2.24, 2.45) is 5.73 Å². The van der Waals surface area contributed by atoms with E-state index in [1.54, 1.807) is 26.0 Å². The van der Waals surface area contributed by atoms with Crippen molar-refractivity contribution < 1.29 is 23.8 Å². The molecule has 3 amide bonds. The van der Waals surface area contributed by atoms with Crippen LogP contribution in [-0.4, -0.2) is 34.1 Å². The number of halogens is 1. The van der Waals surface area contributed by atoms with E-state index in [2.05, 4.69) is 15.0 Å². The Morgan fingerprint density at radius 1 is 1.41 bits per heavy atom. The number of benzene rings is 1. The number of nitrogens with one attached hydrogen (secondary N) is 2. The molecule has 5 N–H and O–H groups in total. The van der Waals surface area contributed by atoms with Gasteiger partial charge in [0.1, 0.15) is 23.0 Å². The molecule has 1 atom stereocenters. The highest BCUT2D eigenvalue weighted by Crippen LogP contribution is 2.31. The number of anilines is 1. The third kappa shape index (κ3) is 5.14. The molecule has 2 rings (SSSR count). The number of aryl methyl sites for hydroxylation is 1. The predicted octanol–water partition coefficient (Wildman–Crippen LogP) is 2.08. The van der Waals surface area contributed by atoms with Crippen LogP contribution in [0.5, 0.6) is 5.88 Å². The fraction of sp³-hybridized carbons (Fsp3) is 0.353. The summed E-state index contributed by atoms with van der Waals surface area (Å²) in [6.07, 6.45) is -0.718. The average Bonchev–Trinajstić information content (AvgIpc) is 3.00. The number of hydrogen-bond donors (Lipinski definition) is 4. The summed E-state index contributed by atoms with van der Waals surface area (Å²) in [5.41, 5.74) is 6.88. The fourth-order valence-electron chi connectivity index (χ4n) is 2.23. The number of aliphatic hydroxyl groups is 1. The minimum atomic E-state index is -0.823. The van der Waals surface area contributed by atoms with Crippen LogP contribution in [0.25, 0.3) is 0 Å². The van der Waals surface area contributed by atoms with Crippen molar-refractivity contribution in [1.82, 2.24) is 9.69 Å². The summed E-state index contributed by atoms with van der Waals surface area (Å²) in [6.45, 7) is 4.85. The number of urea groups is 1. The quantitative estimate of drug-likeness (QED) is 0.570. The first-order chi connectivity index (χ1) is 12.7. The maximum atomic E-state index is 14.0. The summed E-state index contributed by atoms with van der Waals surface area (Å²) in [4.78, 5) is 23.6. The number of hydrogen-bond acceptors (Lipinski definition) is 6. The second-order valence-corrected chi connectivity index (χ2v) is 6.78. The monoisotopic (exact) mass is 396 g/mol. The summed E-state index contributed by atoms with van der Waals surface area (Å²) in [6, 6.07) is 2.74. The van der Waals surface area contributed by atoms with Gasteiger partial charge in [-0.25, -0.2) is 9.18 Å². The Morgan fingerprint density at radius 2 is 2.11 bits per heavy atom. The normalized spacial score (nSPS) is 11.7. The zero-order chi connectivity index (χ0) is 20.1. The zero-order valence-electron chi connectivity index (χ0n) is 15.1. The van der Waals surface area contributed by atoms with Crippen molar-refractivity contribution >= 4 is 28.5 Å². The molecule has 0 saturated heterocycles. The van der Waals surface area contributed by atoms with Crippen molar-refractivity contribution in [2.45, 2.75) is 33.5 Å². The van der Waals surface area contributed by atoms with E-state index < -0.39 is 18.0 Å². The number of nitrogens with two attached hydrogens (primary N) is 1. The number of nitrogens with zero attached hydrogens (tertiary/aromatic N) is 1. The molecule has 146 valence electrons. The standard InChI is InChI=1S/C17H21FN4O4S/c1-8-4-5-11(10(3)13(8)18)7-26-15-12(14(19)24)16(27-22-15)21-17(25)20-6-9(2)23/h4-5,9,23H,6-7H2,1-3H3,(H2,19,24)(H2,20,21,25). The highest BCUT2D eigenvalue weighted by Gasteiger charge is 2.22. The second-order valence-electron chi connectivity index (χ2n) is 6.01. The highest BCUT2D eigenvalue weighted by atomic mass is 32.1. The van der Waals surface area contributed by atoms with Crippen molar-refractivity contribution in [3.05, 3.63) is 40.2 Å². The van der Waals surface area contributed by atoms with Gasteiger partial charge in [0.2, 0.25) is 5.88 Å². The van der Waals surface area contributed by atoms with E-state index in [0.29, 0.717) is 16.7 Å². The van der Waals surface area contributed by atoms with Crippen molar-refractivity contribution in [3.8, 4) is 5.88 Å². The molecular formula is C17H21FN4O4S. The van der Waals surface area contributed by atoms with Crippen molar-refractivity contribution in [1.29, 1.82) is 0 Å². The summed E-state index contributed by atoms with van der Waals surface area (Å²) in [7, 11) is 0. The molecule has 0 spiro atoms. The lowest BCUT2D eigenvalue weighted by molar-refractivity contribution is 0.0996. The third-order valence-electron chi connectivity index (χ3n) is 3.75. The van der Waals surface area contributed by atoms with Crippen LogP contribution in [0.4, 0.5) is 14.2 Å². The van der Waals surface area contributed by atoms with Crippen LogP contribution < -0.4 is 21.1 Å². The Hall–Kier alpha value is -2.72. The van der Waals surface area contributed by atoms with Gasteiger partial charge >= 0.3 is 6.03 Å². The van der Waals surface area contributed by atoms with E-state index >= 15 is 0 Å². The molecule has 0 aliphatic rings. The number of carbonyl (C=O) groups excluding carboxylic acids is 2. The van der Waals surface area contributed by atoms with Gasteiger partial charge in [-0.15, -0.1) is 0 Å². The van der Waals surface area contributed by atoms with Gasteiger partial charge in [0.05, 0.1) is 6.10 Å². The summed E-state index contributed by atoms with van der Waals surface area (Å²) < 4.78 is 23.5. The minimum absolute atomic E-state index is 0.0132. The Kier molecular flexibility index (Phi) is 6.70. The van der Waals surface area contributed by atoms with Gasteiger partial charge in [0, 0.05) is 6.54 Å². The lowest BCUT2D eigenvalue weighted by Gasteiger charge is -2.10. The molecule has 10 heteroatoms. The summed E-state index contributed by atoms with van der Waals surface area (Å²) in [5.74, 6) is -1.18. The number of amides is 3. The van der Waals surface area contributed by atoms with Crippen LogP contribution in [0.15, 0.2) is 12.1 Å². The minimum Gasteiger partial charge on any atom is -0.472 e. The zero-order valence-corrected chi connectivity index (χ0v) is 15.9. The fourth-order valence-corrected chi connectivity index (χ4v) is 2.96. The Morgan fingerprint density at radius 3 is 2.74 bits per heavy atom. The number of aliphatic hydroxyl groups excluding tert-OH is 1. The molecule has 0 radical (unpaired) electrons. The molecule has 0 aliphatic heterocycles. The van der Waals surface area contributed by atoms with Crippen LogP contribution in [-0.2, 0) is 6.61 Å². The molecule has 1 heterocycles. The average molecular weight is 396 g/mol. The molecular weight excluding hydrogens is 375 g/mol. The maximum Gasteiger partial charge on any atom is 0.320 e. The Bertz CT molecular complexity index is 854. The second kappa shape index (κ2) is 8.78. The smallest absolute Gasteiger partial charge is 0.320 e. The molecule has 0 fully saturated rings. The first-order valence-corrected chi connectivity index (χ1v) is 8.87. The first-order valence-electron chi connectivity index (χ1n) is 8.10. The highest BCUT2D eigenvalue weighted by molar-refractivity contribution is 7.11. The van der Waals surface area contributed by atoms with Gasteiger partial charge in [-0.2, -0.15) is 4.37 Å². The molecule has 27 heavy (non-hydrogen) atoms. The third-order valence-corrected chi connectivity index (χ3v) is 4.49. The van der Waals surface area contributed by atoms with E-state index in [-0.39, 0.29) is 35.4 Å². The van der Waals surface area contributed by atoms with Gasteiger partial charge in [-0.3, -0.25) is 10.1 Å². The van der Waals surface area contributed by atoms with Crippen LogP contribution in [0.1, 0.15) is 34.0 Å². The number of aromatic nitrogens is 1. The van der Waals surface area contributed by atoms with Crippen molar-refractivity contribution in [2.75, 3.05) is 11.9 Å². The molecule has 0 bridgehead atoms. The topological polar surface area (TPSA) is 127 Å². The lowest BCUT2D eigenvalue weighted by atomic mass is 10.1. The van der Waals surface area contributed by atoms with E-state index in [9.17, 15) is 19.1 Å². The molecule has 0 saturated carbocycles. The van der Waals surface area contributed by atoms with Crippen molar-refractivity contribution in [3.63, 3.8) is 0 Å². The maximum absolute atomic E-state index is 14.0. The van der Waals surface area contributed by atoms with E-state index in [0.717, 1.165) is 11.5 Å². The van der Waals surface area contributed by atoms with Gasteiger partial charge in [-0.1, -0.05) is 12.1 Å². The Balaban J connectivity index is 2.14. The van der Waals surface area contributed by atoms with Crippen LogP contribution >= 0.6 is 11.5 Å². The first kappa shape index (κ1) is 20.6. The SMILES string of the molecule is Cc1ccc(COc2nsc(NC(=O)NCC(C)O)c2C(N)=O)c(C)c1F. The number of ether oxygens (including phenoxy) is 1. The molecule has 1 unspecified atom stereocenters. The summed E-state index contributed by atoms with van der Waals surface area (Å²) >= 11 is 0.828.